The Morgan fingerprint density at radius 2 is 1.95 bits per heavy atom. The molecule has 0 radical (unpaired) electrons. The molecule has 0 aliphatic rings. The second-order valence-electron chi connectivity index (χ2n) is 4.16. The second-order valence-corrected chi connectivity index (χ2v) is 5.91. The molecule has 4 N–H and O–H groups in total. The number of hydrogen-bond donors (Lipinski definition) is 3. The molecule has 0 bridgehead atoms. The molecule has 0 saturated carbocycles. The summed E-state index contributed by atoms with van der Waals surface area (Å²) in [6, 6.07) is 5.68. The molecule has 20 heavy (non-hydrogen) atoms. The van der Waals surface area contributed by atoms with Gasteiger partial charge in [0.2, 0.25) is 10.0 Å². The average molecular weight is 307 g/mol. The van der Waals surface area contributed by atoms with Crippen LogP contribution in [0.3, 0.4) is 0 Å². The van der Waals surface area contributed by atoms with E-state index < -0.39 is 34.9 Å². The Labute approximate surface area is 115 Å². The Kier molecular flexibility index (Phi) is 5.01. The summed E-state index contributed by atoms with van der Waals surface area (Å²) in [4.78, 5) is 11.8. The van der Waals surface area contributed by atoms with Crippen molar-refractivity contribution >= 4 is 21.6 Å². The van der Waals surface area contributed by atoms with Crippen molar-refractivity contribution in [1.82, 2.24) is 5.32 Å². The van der Waals surface area contributed by atoms with Crippen LogP contribution in [0.5, 0.6) is 0 Å². The number of anilines is 1. The van der Waals surface area contributed by atoms with Gasteiger partial charge in [0.25, 0.3) is 11.8 Å². The van der Waals surface area contributed by atoms with Gasteiger partial charge in [-0.05, 0) is 12.1 Å². The lowest BCUT2D eigenvalue weighted by atomic mass is 10.1. The molecule has 0 saturated heterocycles. The summed E-state index contributed by atoms with van der Waals surface area (Å²) in [5, 5.41) is 2.01. The van der Waals surface area contributed by atoms with E-state index in [1.807, 2.05) is 5.32 Å². The first kappa shape index (κ1) is 16.3. The van der Waals surface area contributed by atoms with Crippen LogP contribution < -0.4 is 15.8 Å². The summed E-state index contributed by atoms with van der Waals surface area (Å²) in [7, 11) is -3.58. The molecule has 0 atom stereocenters. The minimum atomic E-state index is -3.58. The first-order valence-corrected chi connectivity index (χ1v) is 7.47. The standard InChI is InChI=1S/C11H15F2N3O3S/c1-20(18,19)16-9-5-3-2-4-8(9)10(17)15-7-11(12,13)6-14/h2-5,16H,6-7,14H2,1H3,(H,15,17). The minimum absolute atomic E-state index is 0.0172. The maximum atomic E-state index is 12.9. The molecule has 0 aliphatic heterocycles. The van der Waals surface area contributed by atoms with Crippen molar-refractivity contribution in [2.75, 3.05) is 24.1 Å². The number of para-hydroxylation sites is 1. The Morgan fingerprint density at radius 3 is 2.50 bits per heavy atom. The van der Waals surface area contributed by atoms with Crippen molar-refractivity contribution in [2.24, 2.45) is 5.73 Å². The number of sulfonamides is 1. The van der Waals surface area contributed by atoms with Crippen LogP contribution in [0.2, 0.25) is 0 Å². The van der Waals surface area contributed by atoms with Gasteiger partial charge in [-0.2, -0.15) is 0 Å². The van der Waals surface area contributed by atoms with E-state index in [0.717, 1.165) is 6.26 Å². The van der Waals surface area contributed by atoms with E-state index in [1.54, 1.807) is 0 Å². The molecular weight excluding hydrogens is 292 g/mol. The van der Waals surface area contributed by atoms with E-state index in [9.17, 15) is 22.0 Å². The van der Waals surface area contributed by atoms with E-state index in [1.165, 1.54) is 24.3 Å². The zero-order valence-corrected chi connectivity index (χ0v) is 11.5. The van der Waals surface area contributed by atoms with Gasteiger partial charge >= 0.3 is 0 Å². The normalized spacial score (nSPS) is 12.0. The molecule has 9 heteroatoms. The summed E-state index contributed by atoms with van der Waals surface area (Å²) < 4.78 is 50.4. The predicted molar refractivity (Wildman–Crippen MR) is 71.2 cm³/mol. The van der Waals surface area contributed by atoms with E-state index in [2.05, 4.69) is 4.72 Å². The van der Waals surface area contributed by atoms with Crippen molar-refractivity contribution < 1.29 is 22.0 Å². The zero-order valence-electron chi connectivity index (χ0n) is 10.7. The summed E-state index contributed by atoms with van der Waals surface area (Å²) in [6.45, 7) is -1.81. The van der Waals surface area contributed by atoms with Crippen LogP contribution in [0, 0.1) is 0 Å². The fraction of sp³-hybridized carbons (Fsp3) is 0.364. The second kappa shape index (κ2) is 6.14. The quantitative estimate of drug-likeness (QED) is 0.707. The van der Waals surface area contributed by atoms with Gasteiger partial charge < -0.3 is 11.1 Å². The summed E-state index contributed by atoms with van der Waals surface area (Å²) in [6.07, 6.45) is 0.921. The maximum absolute atomic E-state index is 12.9. The van der Waals surface area contributed by atoms with E-state index >= 15 is 0 Å². The van der Waals surface area contributed by atoms with Crippen LogP contribution in [-0.4, -0.2) is 39.6 Å². The summed E-state index contributed by atoms with van der Waals surface area (Å²) in [5.41, 5.74) is 4.82. The van der Waals surface area contributed by atoms with Crippen molar-refractivity contribution in [2.45, 2.75) is 5.92 Å². The Bertz CT molecular complexity index is 590. The van der Waals surface area contributed by atoms with Crippen LogP contribution in [0.25, 0.3) is 0 Å². The number of carbonyl (C=O) groups excluding carboxylic acids is 1. The number of carbonyl (C=O) groups is 1. The molecule has 0 spiro atoms. The lowest BCUT2D eigenvalue weighted by Crippen LogP contribution is -2.41. The number of halogens is 2. The number of nitrogens with two attached hydrogens (primary N) is 1. The van der Waals surface area contributed by atoms with Gasteiger partial charge in [0.15, 0.2) is 0 Å². The topological polar surface area (TPSA) is 101 Å². The Morgan fingerprint density at radius 1 is 1.35 bits per heavy atom. The van der Waals surface area contributed by atoms with Crippen LogP contribution in [0.15, 0.2) is 24.3 Å². The highest BCUT2D eigenvalue weighted by Crippen LogP contribution is 2.17. The molecule has 0 fully saturated rings. The fourth-order valence-corrected chi connectivity index (χ4v) is 1.92. The Hall–Kier alpha value is -1.74. The molecule has 0 heterocycles. The minimum Gasteiger partial charge on any atom is -0.346 e. The highest BCUT2D eigenvalue weighted by atomic mass is 32.2. The molecule has 0 aromatic heterocycles. The maximum Gasteiger partial charge on any atom is 0.277 e. The molecule has 112 valence electrons. The highest BCUT2D eigenvalue weighted by molar-refractivity contribution is 7.92. The number of benzene rings is 1. The molecular formula is C11H15F2N3O3S. The zero-order chi connectivity index (χ0) is 15.4. The number of rotatable bonds is 6. The lowest BCUT2D eigenvalue weighted by Gasteiger charge is -2.15. The SMILES string of the molecule is CS(=O)(=O)Nc1ccccc1C(=O)NCC(F)(F)CN. The van der Waals surface area contributed by atoms with Crippen LogP contribution in [0.4, 0.5) is 14.5 Å². The van der Waals surface area contributed by atoms with Gasteiger partial charge in [0.1, 0.15) is 0 Å². The summed E-state index contributed by atoms with van der Waals surface area (Å²) >= 11 is 0. The smallest absolute Gasteiger partial charge is 0.277 e. The number of hydrogen-bond acceptors (Lipinski definition) is 4. The highest BCUT2D eigenvalue weighted by Gasteiger charge is 2.27. The van der Waals surface area contributed by atoms with Crippen molar-refractivity contribution in [3.63, 3.8) is 0 Å². The molecule has 0 aliphatic carbocycles. The van der Waals surface area contributed by atoms with Crippen LogP contribution in [-0.2, 0) is 10.0 Å². The average Bonchev–Trinajstić information content (AvgIpc) is 2.35. The van der Waals surface area contributed by atoms with Gasteiger partial charge in [-0.15, -0.1) is 0 Å². The van der Waals surface area contributed by atoms with E-state index in [0.29, 0.717) is 0 Å². The van der Waals surface area contributed by atoms with Gasteiger partial charge in [-0.25, -0.2) is 17.2 Å². The molecule has 1 rings (SSSR count). The molecule has 1 aromatic carbocycles. The summed E-state index contributed by atoms with van der Waals surface area (Å²) in [5.74, 6) is -4.03. The fourth-order valence-electron chi connectivity index (χ4n) is 1.35. The first-order chi connectivity index (χ1) is 9.14. The molecule has 6 nitrogen and oxygen atoms in total. The largest absolute Gasteiger partial charge is 0.346 e. The van der Waals surface area contributed by atoms with Crippen LogP contribution >= 0.6 is 0 Å². The number of nitrogens with one attached hydrogen (secondary N) is 2. The number of amides is 1. The third-order valence-corrected chi connectivity index (χ3v) is 2.86. The monoisotopic (exact) mass is 307 g/mol. The third kappa shape index (κ3) is 5.10. The van der Waals surface area contributed by atoms with E-state index in [4.69, 9.17) is 5.73 Å². The molecule has 0 unspecified atom stereocenters. The lowest BCUT2D eigenvalue weighted by molar-refractivity contribution is 0.0119. The molecule has 1 amide bonds. The van der Waals surface area contributed by atoms with E-state index in [-0.39, 0.29) is 11.3 Å². The van der Waals surface area contributed by atoms with Gasteiger partial charge in [-0.3, -0.25) is 9.52 Å². The van der Waals surface area contributed by atoms with Crippen molar-refractivity contribution in [3.05, 3.63) is 29.8 Å². The van der Waals surface area contributed by atoms with Gasteiger partial charge in [0.05, 0.1) is 30.6 Å². The van der Waals surface area contributed by atoms with Crippen molar-refractivity contribution in [1.29, 1.82) is 0 Å². The van der Waals surface area contributed by atoms with Crippen LogP contribution in [0.1, 0.15) is 10.4 Å². The third-order valence-electron chi connectivity index (χ3n) is 2.27. The molecule has 1 aromatic rings. The number of alkyl halides is 2. The van der Waals surface area contributed by atoms with Gasteiger partial charge in [-0.1, -0.05) is 12.1 Å². The first-order valence-electron chi connectivity index (χ1n) is 5.57. The van der Waals surface area contributed by atoms with Crippen molar-refractivity contribution in [3.8, 4) is 0 Å². The predicted octanol–water partition coefficient (Wildman–Crippen LogP) is 0.382. The van der Waals surface area contributed by atoms with Gasteiger partial charge in [0, 0.05) is 0 Å². The Balaban J connectivity index is 2.88.